The molecule has 26 heavy (non-hydrogen) atoms. The van der Waals surface area contributed by atoms with Crippen molar-refractivity contribution in [3.05, 3.63) is 48.4 Å². The number of nitrogens with one attached hydrogen (secondary N) is 2. The summed E-state index contributed by atoms with van der Waals surface area (Å²) in [6, 6.07) is 11.0. The second-order valence-corrected chi connectivity index (χ2v) is 7.85. The van der Waals surface area contributed by atoms with Crippen molar-refractivity contribution < 1.29 is 13.9 Å². The largest absolute Gasteiger partial charge is 0.497 e. The molecule has 7 nitrogen and oxygen atoms in total. The molecule has 2 aromatic heterocycles. The van der Waals surface area contributed by atoms with Gasteiger partial charge in [0, 0.05) is 11.8 Å². The number of thioether (sulfide) groups is 1. The smallest absolute Gasteiger partial charge is 0.237 e. The molecule has 0 aliphatic rings. The van der Waals surface area contributed by atoms with Gasteiger partial charge in [-0.3, -0.25) is 4.79 Å². The van der Waals surface area contributed by atoms with E-state index in [1.54, 1.807) is 19.4 Å². The fourth-order valence-electron chi connectivity index (χ4n) is 2.05. The highest BCUT2D eigenvalue weighted by molar-refractivity contribution is 8.02. The number of benzene rings is 1. The molecule has 0 fully saturated rings. The van der Waals surface area contributed by atoms with Gasteiger partial charge in [-0.1, -0.05) is 29.2 Å². The number of anilines is 2. The van der Waals surface area contributed by atoms with Gasteiger partial charge in [0.05, 0.1) is 25.2 Å². The lowest BCUT2D eigenvalue weighted by Crippen LogP contribution is -2.22. The maximum absolute atomic E-state index is 12.4. The van der Waals surface area contributed by atoms with E-state index in [1.807, 2.05) is 37.3 Å². The maximum atomic E-state index is 12.4. The first-order valence-electron chi connectivity index (χ1n) is 7.85. The third kappa shape index (κ3) is 4.99. The van der Waals surface area contributed by atoms with Crippen LogP contribution < -0.4 is 15.4 Å². The first-order chi connectivity index (χ1) is 12.6. The number of carbonyl (C=O) groups excluding carboxylic acids is 1. The lowest BCUT2D eigenvalue weighted by Gasteiger charge is -2.11. The predicted octanol–water partition coefficient (Wildman–Crippen LogP) is 3.87. The summed E-state index contributed by atoms with van der Waals surface area (Å²) in [5.74, 6) is 1.41. The van der Waals surface area contributed by atoms with E-state index in [0.717, 1.165) is 10.1 Å². The average Bonchev–Trinajstić information content (AvgIpc) is 3.31. The van der Waals surface area contributed by atoms with Gasteiger partial charge in [-0.25, -0.2) is 0 Å². The standard InChI is InChI=1S/C17H18N4O3S2/c1-11(15(22)19-12-5-3-6-13(9-12)23-2)25-17-21-20-16(26-17)18-10-14-7-4-8-24-14/h3-9,11H,10H2,1-2H3,(H,18,20)(H,19,22)/t11-/m1/s1. The molecule has 0 bridgehead atoms. The Morgan fingerprint density at radius 1 is 1.35 bits per heavy atom. The number of rotatable bonds is 8. The van der Waals surface area contributed by atoms with Crippen LogP contribution in [0.3, 0.4) is 0 Å². The molecule has 0 radical (unpaired) electrons. The maximum Gasteiger partial charge on any atom is 0.237 e. The molecule has 0 saturated heterocycles. The van der Waals surface area contributed by atoms with Crippen LogP contribution >= 0.6 is 23.1 Å². The SMILES string of the molecule is COc1cccc(NC(=O)[C@@H](C)Sc2nnc(NCc3ccco3)s2)c1. The van der Waals surface area contributed by atoms with E-state index < -0.39 is 0 Å². The van der Waals surface area contributed by atoms with E-state index >= 15 is 0 Å². The van der Waals surface area contributed by atoms with Gasteiger partial charge in [-0.05, 0) is 31.2 Å². The van der Waals surface area contributed by atoms with E-state index in [4.69, 9.17) is 9.15 Å². The van der Waals surface area contributed by atoms with Crippen LogP contribution in [-0.4, -0.2) is 28.5 Å². The number of methoxy groups -OCH3 is 1. The normalized spacial score (nSPS) is 11.8. The molecule has 3 rings (SSSR count). The van der Waals surface area contributed by atoms with Crippen molar-refractivity contribution in [2.45, 2.75) is 23.1 Å². The Morgan fingerprint density at radius 3 is 3.00 bits per heavy atom. The van der Waals surface area contributed by atoms with Crippen LogP contribution in [0, 0.1) is 0 Å². The van der Waals surface area contributed by atoms with Crippen molar-refractivity contribution >= 4 is 39.8 Å². The number of nitrogens with zero attached hydrogens (tertiary/aromatic N) is 2. The zero-order valence-corrected chi connectivity index (χ0v) is 15.9. The molecule has 2 N–H and O–H groups in total. The molecular weight excluding hydrogens is 372 g/mol. The van der Waals surface area contributed by atoms with Gasteiger partial charge in [0.1, 0.15) is 11.5 Å². The lowest BCUT2D eigenvalue weighted by atomic mass is 10.3. The Morgan fingerprint density at radius 2 is 2.23 bits per heavy atom. The minimum atomic E-state index is -0.313. The van der Waals surface area contributed by atoms with Gasteiger partial charge in [0.2, 0.25) is 11.0 Å². The zero-order chi connectivity index (χ0) is 18.4. The molecular formula is C17H18N4O3S2. The fraction of sp³-hybridized carbons (Fsp3) is 0.235. The molecule has 1 aromatic carbocycles. The topological polar surface area (TPSA) is 89.3 Å². The van der Waals surface area contributed by atoms with E-state index in [2.05, 4.69) is 20.8 Å². The summed E-state index contributed by atoms with van der Waals surface area (Å²) >= 11 is 2.76. The van der Waals surface area contributed by atoms with Crippen molar-refractivity contribution in [3.8, 4) is 5.75 Å². The summed E-state index contributed by atoms with van der Waals surface area (Å²) in [6.07, 6.45) is 1.63. The summed E-state index contributed by atoms with van der Waals surface area (Å²) in [5.41, 5.74) is 0.694. The van der Waals surface area contributed by atoms with Gasteiger partial charge in [-0.15, -0.1) is 10.2 Å². The first-order valence-corrected chi connectivity index (χ1v) is 9.55. The quantitative estimate of drug-likeness (QED) is 0.564. The molecule has 0 spiro atoms. The predicted molar refractivity (Wildman–Crippen MR) is 103 cm³/mol. The van der Waals surface area contributed by atoms with Crippen molar-refractivity contribution in [2.24, 2.45) is 0 Å². The van der Waals surface area contributed by atoms with E-state index in [-0.39, 0.29) is 11.2 Å². The summed E-state index contributed by atoms with van der Waals surface area (Å²) in [6.45, 7) is 2.37. The average molecular weight is 390 g/mol. The molecule has 1 atom stereocenters. The number of amides is 1. The first kappa shape index (κ1) is 18.3. The molecule has 0 aliphatic heterocycles. The highest BCUT2D eigenvalue weighted by atomic mass is 32.2. The van der Waals surface area contributed by atoms with Crippen molar-refractivity contribution in [1.82, 2.24) is 10.2 Å². The third-order valence-electron chi connectivity index (χ3n) is 3.38. The van der Waals surface area contributed by atoms with Crippen LogP contribution in [0.25, 0.3) is 0 Å². The van der Waals surface area contributed by atoms with Crippen LogP contribution in [0.4, 0.5) is 10.8 Å². The van der Waals surface area contributed by atoms with Crippen LogP contribution in [0.1, 0.15) is 12.7 Å². The van der Waals surface area contributed by atoms with Crippen molar-refractivity contribution in [2.75, 3.05) is 17.7 Å². The number of ether oxygens (including phenoxy) is 1. The Hall–Kier alpha value is -2.52. The minimum Gasteiger partial charge on any atom is -0.497 e. The number of hydrogen-bond donors (Lipinski definition) is 2. The number of furan rings is 1. The van der Waals surface area contributed by atoms with Crippen LogP contribution in [0.2, 0.25) is 0 Å². The molecule has 136 valence electrons. The van der Waals surface area contributed by atoms with Gasteiger partial charge < -0.3 is 19.8 Å². The minimum absolute atomic E-state index is 0.108. The van der Waals surface area contributed by atoms with Crippen molar-refractivity contribution in [3.63, 3.8) is 0 Å². The van der Waals surface area contributed by atoms with Gasteiger partial charge in [0.15, 0.2) is 4.34 Å². The second-order valence-electron chi connectivity index (χ2n) is 5.29. The Bertz CT molecular complexity index is 851. The van der Waals surface area contributed by atoms with E-state index in [1.165, 1.54) is 23.1 Å². The fourth-order valence-corrected chi connectivity index (χ4v) is 3.95. The van der Waals surface area contributed by atoms with Crippen LogP contribution in [0.15, 0.2) is 51.4 Å². The molecule has 2 heterocycles. The highest BCUT2D eigenvalue weighted by Gasteiger charge is 2.17. The Balaban J connectivity index is 1.52. The highest BCUT2D eigenvalue weighted by Crippen LogP contribution is 2.30. The molecule has 3 aromatic rings. The van der Waals surface area contributed by atoms with Crippen molar-refractivity contribution in [1.29, 1.82) is 0 Å². The molecule has 9 heteroatoms. The Labute approximate surface area is 159 Å². The number of hydrogen-bond acceptors (Lipinski definition) is 8. The number of carbonyl (C=O) groups is 1. The Kier molecular flexibility index (Phi) is 6.13. The summed E-state index contributed by atoms with van der Waals surface area (Å²) in [5, 5.41) is 14.6. The van der Waals surface area contributed by atoms with Gasteiger partial charge >= 0.3 is 0 Å². The molecule has 0 aliphatic carbocycles. The van der Waals surface area contributed by atoms with E-state index in [0.29, 0.717) is 23.1 Å². The molecule has 0 unspecified atom stereocenters. The second kappa shape index (κ2) is 8.72. The van der Waals surface area contributed by atoms with Crippen LogP contribution in [0.5, 0.6) is 5.75 Å². The van der Waals surface area contributed by atoms with Crippen LogP contribution in [-0.2, 0) is 11.3 Å². The van der Waals surface area contributed by atoms with E-state index in [9.17, 15) is 4.79 Å². The summed E-state index contributed by atoms with van der Waals surface area (Å²) in [7, 11) is 1.59. The summed E-state index contributed by atoms with van der Waals surface area (Å²) < 4.78 is 11.1. The summed E-state index contributed by atoms with van der Waals surface area (Å²) in [4.78, 5) is 12.4. The monoisotopic (exact) mass is 390 g/mol. The van der Waals surface area contributed by atoms with Gasteiger partial charge in [-0.2, -0.15) is 0 Å². The molecule has 1 amide bonds. The van der Waals surface area contributed by atoms with Gasteiger partial charge in [0.25, 0.3) is 0 Å². The number of aromatic nitrogens is 2. The third-order valence-corrected chi connectivity index (χ3v) is 5.45. The zero-order valence-electron chi connectivity index (χ0n) is 14.3. The molecule has 0 saturated carbocycles. The lowest BCUT2D eigenvalue weighted by molar-refractivity contribution is -0.115.